The number of fused-ring (bicyclic) bond motifs is 1. The van der Waals surface area contributed by atoms with Crippen LogP contribution < -0.4 is 4.90 Å². The third-order valence-corrected chi connectivity index (χ3v) is 12.5. The largest absolute Gasteiger partial charge is 0.481 e. The molecule has 1 heterocycles. The number of aryl methyl sites for hydroxylation is 1. The molecular formula is C38H50N2O7S3. The number of carboxylic acid groups (broad SMARTS) is 1. The fourth-order valence-electron chi connectivity index (χ4n) is 6.04. The molecule has 0 atom stereocenters. The summed E-state index contributed by atoms with van der Waals surface area (Å²) >= 11 is 1.58. The normalized spacial score (nSPS) is 16.2. The number of hydrogen-bond donors (Lipinski definition) is 2. The third-order valence-electron chi connectivity index (χ3n) is 9.15. The number of aliphatic carboxylic acids is 1. The Kier molecular flexibility index (Phi) is 13.7. The fraction of sp³-hybridized carbons (Fsp3) is 0.395. The van der Waals surface area contributed by atoms with Gasteiger partial charge in [-0.1, -0.05) is 76.8 Å². The average molecular weight is 743 g/mol. The zero-order valence-electron chi connectivity index (χ0n) is 30.0. The van der Waals surface area contributed by atoms with Gasteiger partial charge in [0, 0.05) is 53.7 Å². The molecule has 0 bridgehead atoms. The molecule has 0 saturated carbocycles. The van der Waals surface area contributed by atoms with E-state index in [1.165, 1.54) is 11.4 Å². The van der Waals surface area contributed by atoms with E-state index in [2.05, 4.69) is 37.5 Å². The Bertz CT molecular complexity index is 1920. The number of thioether (sulfide) groups is 1. The van der Waals surface area contributed by atoms with Crippen LogP contribution in [0.25, 0.3) is 0 Å². The van der Waals surface area contributed by atoms with Crippen molar-refractivity contribution in [3.63, 3.8) is 0 Å². The number of para-hydroxylation sites is 1. The Balaban J connectivity index is 1.81. The van der Waals surface area contributed by atoms with Crippen LogP contribution in [0.1, 0.15) is 63.6 Å². The first-order valence-corrected chi connectivity index (χ1v) is 20.6. The number of anilines is 1. The predicted octanol–water partition coefficient (Wildman–Crippen LogP) is 7.63. The number of sulfonamides is 1. The smallest absolute Gasteiger partial charge is 0.303 e. The first-order valence-electron chi connectivity index (χ1n) is 16.4. The van der Waals surface area contributed by atoms with Crippen molar-refractivity contribution in [2.75, 3.05) is 37.0 Å². The summed E-state index contributed by atoms with van der Waals surface area (Å²) in [6.07, 6.45) is 14.3. The molecule has 2 aromatic carbocycles. The quantitative estimate of drug-likeness (QED) is 0.124. The van der Waals surface area contributed by atoms with E-state index in [0.29, 0.717) is 6.54 Å². The third kappa shape index (κ3) is 10.1. The van der Waals surface area contributed by atoms with Crippen molar-refractivity contribution in [3.05, 3.63) is 118 Å². The minimum Gasteiger partial charge on any atom is -0.481 e. The lowest BCUT2D eigenvalue weighted by molar-refractivity contribution is -0.137. The summed E-state index contributed by atoms with van der Waals surface area (Å²) in [4.78, 5) is 14.2. The molecule has 1 aliphatic heterocycles. The molecule has 0 unspecified atom stereocenters. The van der Waals surface area contributed by atoms with Gasteiger partial charge in [-0.05, 0) is 84.7 Å². The molecule has 3 rings (SSSR count). The van der Waals surface area contributed by atoms with Gasteiger partial charge in [0.15, 0.2) is 0 Å². The van der Waals surface area contributed by atoms with Crippen LogP contribution in [-0.4, -0.2) is 68.9 Å². The van der Waals surface area contributed by atoms with Crippen LogP contribution >= 0.6 is 11.8 Å². The zero-order chi connectivity index (χ0) is 37.5. The molecule has 2 N–H and O–H groups in total. The van der Waals surface area contributed by atoms with E-state index in [-0.39, 0.29) is 41.9 Å². The second kappa shape index (κ2) is 16.7. The predicted molar refractivity (Wildman–Crippen MR) is 206 cm³/mol. The van der Waals surface area contributed by atoms with Gasteiger partial charge >= 0.3 is 5.97 Å². The lowest BCUT2D eigenvalue weighted by Crippen LogP contribution is -2.29. The van der Waals surface area contributed by atoms with Gasteiger partial charge < -0.3 is 10.0 Å². The average Bonchev–Trinajstić information content (AvgIpc) is 3.24. The number of allylic oxidation sites excluding steroid dienone is 8. The summed E-state index contributed by atoms with van der Waals surface area (Å²) in [6, 6.07) is 13.1. The van der Waals surface area contributed by atoms with Crippen LogP contribution in [0.2, 0.25) is 0 Å². The van der Waals surface area contributed by atoms with Crippen molar-refractivity contribution in [2.45, 2.75) is 69.6 Å². The molecule has 0 fully saturated rings. The van der Waals surface area contributed by atoms with Gasteiger partial charge in [0.25, 0.3) is 10.1 Å². The highest BCUT2D eigenvalue weighted by Crippen LogP contribution is 2.47. The molecule has 0 radical (unpaired) electrons. The SMILES string of the molecule is C=C(/C=C/C=C(/C=C/C=C1/N(CCCS(=O)(=O)O)c2ccccc2C1(C)C)SC)C(C)(C)c1cc(S(=O)(=O)N(C)CCCC(=O)O)ccc1C. The van der Waals surface area contributed by atoms with Crippen LogP contribution in [-0.2, 0) is 35.8 Å². The maximum atomic E-state index is 13.3. The summed E-state index contributed by atoms with van der Waals surface area (Å²) in [5.41, 5.74) is 4.85. The van der Waals surface area contributed by atoms with Crippen molar-refractivity contribution in [1.29, 1.82) is 0 Å². The first-order chi connectivity index (χ1) is 23.2. The molecule has 50 heavy (non-hydrogen) atoms. The van der Waals surface area contributed by atoms with E-state index in [0.717, 1.165) is 38.6 Å². The van der Waals surface area contributed by atoms with Crippen molar-refractivity contribution >= 4 is 43.6 Å². The second-order valence-corrected chi connectivity index (χ2v) is 17.9. The zero-order valence-corrected chi connectivity index (χ0v) is 32.5. The van der Waals surface area contributed by atoms with Gasteiger partial charge in [-0.2, -0.15) is 8.42 Å². The highest BCUT2D eigenvalue weighted by atomic mass is 32.2. The highest BCUT2D eigenvalue weighted by Gasteiger charge is 2.39. The Labute approximate surface area is 303 Å². The first kappa shape index (κ1) is 41.0. The molecule has 9 nitrogen and oxygen atoms in total. The molecule has 0 aromatic heterocycles. The van der Waals surface area contributed by atoms with Gasteiger partial charge in [-0.25, -0.2) is 12.7 Å². The standard InChI is InChI=1S/C38H50N2O7S3/c1-28-22-23-31(50(46,47)39(7)24-13-21-36(41)42)27-33(28)37(3,4)29(2)15-11-16-30(48-8)17-12-20-35-38(5,6)32-18-9-10-19-34(32)40(35)25-14-26-49(43,44)45/h9-12,15-20,22-23,27H,2,13-14,21,24-26H2,1,3-8H3,(H,41,42)(H,43,44,45)/b15-11+,17-12+,30-16-,35-20+. The summed E-state index contributed by atoms with van der Waals surface area (Å²) in [5, 5.41) is 8.92. The Hall–Kier alpha value is -3.42. The van der Waals surface area contributed by atoms with Crippen LogP contribution in [0.15, 0.2) is 107 Å². The molecule has 1 aliphatic rings. The topological polar surface area (TPSA) is 132 Å². The van der Waals surface area contributed by atoms with Gasteiger partial charge in [0.2, 0.25) is 10.0 Å². The lowest BCUT2D eigenvalue weighted by Gasteiger charge is -2.29. The molecule has 0 spiro atoms. The van der Waals surface area contributed by atoms with Gasteiger partial charge in [0.05, 0.1) is 10.6 Å². The monoisotopic (exact) mass is 742 g/mol. The van der Waals surface area contributed by atoms with E-state index in [1.54, 1.807) is 30.0 Å². The summed E-state index contributed by atoms with van der Waals surface area (Å²) < 4.78 is 59.8. The van der Waals surface area contributed by atoms with E-state index in [9.17, 15) is 26.2 Å². The molecule has 0 amide bonds. The molecule has 0 saturated heterocycles. The number of benzene rings is 2. The van der Waals surface area contributed by atoms with Crippen molar-refractivity contribution in [3.8, 4) is 0 Å². The number of carbonyl (C=O) groups is 1. The maximum Gasteiger partial charge on any atom is 0.303 e. The molecule has 0 aliphatic carbocycles. The summed E-state index contributed by atoms with van der Waals surface area (Å²) in [6.45, 7) is 15.1. The maximum absolute atomic E-state index is 13.3. The van der Waals surface area contributed by atoms with Crippen LogP contribution in [0.4, 0.5) is 5.69 Å². The minimum atomic E-state index is -4.05. The second-order valence-electron chi connectivity index (χ2n) is 13.4. The van der Waals surface area contributed by atoms with E-state index in [1.807, 2.05) is 75.6 Å². The number of hydrogen-bond acceptors (Lipinski definition) is 7. The molecule has 12 heteroatoms. The highest BCUT2D eigenvalue weighted by molar-refractivity contribution is 8.02. The number of nitrogens with zero attached hydrogens (tertiary/aromatic N) is 2. The Morgan fingerprint density at radius 2 is 1.74 bits per heavy atom. The van der Waals surface area contributed by atoms with Crippen LogP contribution in [0.5, 0.6) is 0 Å². The van der Waals surface area contributed by atoms with Gasteiger partial charge in [-0.15, -0.1) is 11.8 Å². The van der Waals surface area contributed by atoms with E-state index >= 15 is 0 Å². The van der Waals surface area contributed by atoms with Crippen LogP contribution in [0, 0.1) is 6.92 Å². The fourth-order valence-corrected chi connectivity index (χ4v) is 8.20. The number of rotatable bonds is 17. The van der Waals surface area contributed by atoms with Gasteiger partial charge in [0.1, 0.15) is 0 Å². The molecule has 2 aromatic rings. The Morgan fingerprint density at radius 1 is 1.06 bits per heavy atom. The lowest BCUT2D eigenvalue weighted by atomic mass is 9.76. The van der Waals surface area contributed by atoms with Crippen LogP contribution in [0.3, 0.4) is 0 Å². The van der Waals surface area contributed by atoms with Crippen molar-refractivity contribution in [2.24, 2.45) is 0 Å². The van der Waals surface area contributed by atoms with E-state index < -0.39 is 31.5 Å². The molecule has 272 valence electrons. The van der Waals surface area contributed by atoms with Crippen molar-refractivity contribution in [1.82, 2.24) is 4.31 Å². The van der Waals surface area contributed by atoms with E-state index in [4.69, 9.17) is 5.11 Å². The summed E-state index contributed by atoms with van der Waals surface area (Å²) in [7, 11) is -6.41. The minimum absolute atomic E-state index is 0.104. The molecular weight excluding hydrogens is 693 g/mol. The van der Waals surface area contributed by atoms with Gasteiger partial charge in [-0.3, -0.25) is 9.35 Å². The number of carboxylic acids is 1. The van der Waals surface area contributed by atoms with Crippen molar-refractivity contribution < 1.29 is 31.3 Å². The Morgan fingerprint density at radius 3 is 2.38 bits per heavy atom. The summed E-state index contributed by atoms with van der Waals surface area (Å²) in [5.74, 6) is -1.27.